The van der Waals surface area contributed by atoms with Crippen LogP contribution in [0.15, 0.2) is 60.8 Å². The predicted octanol–water partition coefficient (Wildman–Crippen LogP) is 10.2. The van der Waals surface area contributed by atoms with Gasteiger partial charge in [-0.1, -0.05) is 177 Å². The molecular formula is C49H87O12P. The molecule has 0 amide bonds. The Morgan fingerprint density at radius 1 is 0.532 bits per heavy atom. The lowest BCUT2D eigenvalue weighted by Crippen LogP contribution is -2.64. The topological polar surface area (TPSA) is 192 Å². The van der Waals surface area contributed by atoms with Gasteiger partial charge in [0.15, 0.2) is 0 Å². The molecular weight excluding hydrogens is 812 g/mol. The summed E-state index contributed by atoms with van der Waals surface area (Å²) in [7, 11) is -5.03. The zero-order valence-electron chi connectivity index (χ0n) is 38.4. The number of hydrogen-bond acceptors (Lipinski definition) is 11. The maximum Gasteiger partial charge on any atom is 0.472 e. The molecule has 13 heteroatoms. The summed E-state index contributed by atoms with van der Waals surface area (Å²) in [4.78, 5) is 23.2. The Kier molecular flexibility index (Phi) is 36.9. The summed E-state index contributed by atoms with van der Waals surface area (Å²) in [5, 5.41) is 50.2. The molecule has 0 aromatic rings. The minimum atomic E-state index is -5.03. The fourth-order valence-corrected chi connectivity index (χ4v) is 8.06. The first-order valence-electron chi connectivity index (χ1n) is 24.1. The van der Waals surface area contributed by atoms with Crippen LogP contribution in [0.25, 0.3) is 0 Å². The molecule has 0 spiro atoms. The number of hydrogen-bond donors (Lipinski definition) is 6. The van der Waals surface area contributed by atoms with Crippen LogP contribution in [0.1, 0.15) is 181 Å². The fourth-order valence-electron chi connectivity index (χ4n) is 7.09. The molecule has 1 rings (SSSR count). The highest BCUT2D eigenvalue weighted by molar-refractivity contribution is 7.47. The van der Waals surface area contributed by atoms with Crippen molar-refractivity contribution in [2.75, 3.05) is 19.8 Å². The Morgan fingerprint density at radius 2 is 0.952 bits per heavy atom. The standard InChI is InChI=1S/C49H87O12P/c1-3-5-7-9-11-13-15-17-19-21-23-25-27-29-31-33-35-37-39-58-40-42(41-59-62(56,57)61-49-47(54)45(52)44(51)46(53)48(49)55)60-43(50)38-36-34-32-30-28-26-24-22-20-18-16-14-12-10-8-6-4-2/h5,7,11,13,17,19,23,25,29,31,42,44-49,51-55H,3-4,6,8-10,12,14-16,18,20-22,24,26-28,30,32-41H2,1-2H3,(H,56,57)/b7-5-,13-11-,19-17-,25-23-,31-29-. The number of phosphoric acid groups is 1. The maximum atomic E-state index is 12.8. The molecule has 360 valence electrons. The molecule has 62 heavy (non-hydrogen) atoms. The van der Waals surface area contributed by atoms with E-state index in [1.54, 1.807) is 0 Å². The van der Waals surface area contributed by atoms with Crippen molar-refractivity contribution in [3.63, 3.8) is 0 Å². The molecule has 1 fully saturated rings. The molecule has 1 aliphatic carbocycles. The molecule has 6 atom stereocenters. The summed E-state index contributed by atoms with van der Waals surface area (Å²) in [5.74, 6) is -0.492. The van der Waals surface area contributed by atoms with Gasteiger partial charge in [-0.25, -0.2) is 4.57 Å². The molecule has 12 nitrogen and oxygen atoms in total. The molecule has 6 N–H and O–H groups in total. The van der Waals surface area contributed by atoms with Crippen LogP contribution >= 0.6 is 7.82 Å². The van der Waals surface area contributed by atoms with Gasteiger partial charge >= 0.3 is 13.8 Å². The summed E-state index contributed by atoms with van der Waals surface area (Å²) in [6.45, 7) is 4.05. The van der Waals surface area contributed by atoms with Crippen molar-refractivity contribution in [1.29, 1.82) is 0 Å². The first-order chi connectivity index (χ1) is 30.0. The van der Waals surface area contributed by atoms with Crippen LogP contribution in [0.2, 0.25) is 0 Å². The van der Waals surface area contributed by atoms with E-state index >= 15 is 0 Å². The number of rotatable bonds is 40. The summed E-state index contributed by atoms with van der Waals surface area (Å²) in [6, 6.07) is 0. The van der Waals surface area contributed by atoms with Crippen LogP contribution in [0.3, 0.4) is 0 Å². The van der Waals surface area contributed by atoms with Gasteiger partial charge in [-0.2, -0.15) is 0 Å². The van der Waals surface area contributed by atoms with Gasteiger partial charge in [-0.3, -0.25) is 13.8 Å². The quantitative estimate of drug-likeness (QED) is 0.0148. The van der Waals surface area contributed by atoms with E-state index in [9.17, 15) is 39.8 Å². The second kappa shape index (κ2) is 39.4. The number of carbonyl (C=O) groups is 1. The molecule has 1 saturated carbocycles. The number of unbranched alkanes of at least 4 members (excludes halogenated alkanes) is 18. The highest BCUT2D eigenvalue weighted by Gasteiger charge is 2.51. The van der Waals surface area contributed by atoms with Gasteiger partial charge < -0.3 is 39.9 Å². The molecule has 0 aromatic heterocycles. The van der Waals surface area contributed by atoms with Crippen molar-refractivity contribution in [3.05, 3.63) is 60.8 Å². The number of allylic oxidation sites excluding steroid dienone is 10. The Bertz CT molecular complexity index is 1250. The van der Waals surface area contributed by atoms with Crippen molar-refractivity contribution in [2.24, 2.45) is 0 Å². The maximum absolute atomic E-state index is 12.8. The molecule has 0 radical (unpaired) electrons. The minimum absolute atomic E-state index is 0.106. The number of aliphatic hydroxyl groups excluding tert-OH is 5. The Labute approximate surface area is 375 Å². The normalized spacial score (nSPS) is 22.5. The largest absolute Gasteiger partial charge is 0.472 e. The zero-order valence-corrected chi connectivity index (χ0v) is 39.3. The number of aliphatic hydroxyl groups is 5. The van der Waals surface area contributed by atoms with Gasteiger partial charge in [-0.15, -0.1) is 0 Å². The van der Waals surface area contributed by atoms with E-state index < -0.39 is 63.1 Å². The van der Waals surface area contributed by atoms with Crippen LogP contribution in [0, 0.1) is 0 Å². The van der Waals surface area contributed by atoms with Gasteiger partial charge in [-0.05, 0) is 57.8 Å². The summed E-state index contributed by atoms with van der Waals surface area (Å²) < 4.78 is 34.2. The fraction of sp³-hybridized carbons (Fsp3) is 0.776. The van der Waals surface area contributed by atoms with Gasteiger partial charge in [0.05, 0.1) is 13.2 Å². The smallest absolute Gasteiger partial charge is 0.457 e. The lowest BCUT2D eigenvalue weighted by atomic mass is 9.85. The Hall–Kier alpha value is -1.96. The zero-order chi connectivity index (χ0) is 45.5. The highest BCUT2D eigenvalue weighted by Crippen LogP contribution is 2.47. The van der Waals surface area contributed by atoms with E-state index in [-0.39, 0.29) is 13.0 Å². The Morgan fingerprint density at radius 3 is 1.42 bits per heavy atom. The predicted molar refractivity (Wildman–Crippen MR) is 248 cm³/mol. The second-order valence-electron chi connectivity index (χ2n) is 16.6. The lowest BCUT2D eigenvalue weighted by molar-refractivity contribution is -0.220. The van der Waals surface area contributed by atoms with E-state index in [4.69, 9.17) is 18.5 Å². The molecule has 0 bridgehead atoms. The van der Waals surface area contributed by atoms with Crippen LogP contribution in [0.5, 0.6) is 0 Å². The van der Waals surface area contributed by atoms with Crippen molar-refractivity contribution in [1.82, 2.24) is 0 Å². The van der Waals surface area contributed by atoms with E-state index in [0.717, 1.165) is 70.6 Å². The molecule has 0 saturated heterocycles. The summed E-state index contributed by atoms with van der Waals surface area (Å²) in [6.07, 6.45) is 37.2. The first kappa shape index (κ1) is 58.1. The second-order valence-corrected chi connectivity index (χ2v) is 18.0. The average molecular weight is 899 g/mol. The Balaban J connectivity index is 2.41. The van der Waals surface area contributed by atoms with E-state index in [0.29, 0.717) is 13.0 Å². The number of ether oxygens (including phenoxy) is 2. The van der Waals surface area contributed by atoms with Crippen molar-refractivity contribution < 1.29 is 58.3 Å². The SMILES string of the molecule is CC/C=C\C/C=C\C/C=C\C/C=C\C/C=C\CCCCOCC(COP(=O)(O)OC1C(O)C(O)C(O)C(O)C1O)OC(=O)CCCCCCCCCCCCCCCCCCC. The van der Waals surface area contributed by atoms with Gasteiger partial charge in [0.2, 0.25) is 0 Å². The number of carbonyl (C=O) groups excluding carboxylic acids is 1. The molecule has 6 unspecified atom stereocenters. The van der Waals surface area contributed by atoms with Gasteiger partial charge in [0.1, 0.15) is 42.7 Å². The van der Waals surface area contributed by atoms with Crippen LogP contribution in [-0.2, 0) is 27.9 Å². The van der Waals surface area contributed by atoms with Crippen LogP contribution in [0.4, 0.5) is 0 Å². The van der Waals surface area contributed by atoms with Crippen LogP contribution < -0.4 is 0 Å². The molecule has 0 heterocycles. The van der Waals surface area contributed by atoms with Gasteiger partial charge in [0, 0.05) is 13.0 Å². The number of phosphoric ester groups is 1. The first-order valence-corrected chi connectivity index (χ1v) is 25.6. The third-order valence-corrected chi connectivity index (χ3v) is 11.9. The summed E-state index contributed by atoms with van der Waals surface area (Å²) in [5.41, 5.74) is 0. The monoisotopic (exact) mass is 899 g/mol. The van der Waals surface area contributed by atoms with Crippen molar-refractivity contribution in [2.45, 2.75) is 224 Å². The number of esters is 1. The lowest BCUT2D eigenvalue weighted by Gasteiger charge is -2.41. The highest BCUT2D eigenvalue weighted by atomic mass is 31.2. The van der Waals surface area contributed by atoms with E-state index in [1.807, 2.05) is 0 Å². The third-order valence-electron chi connectivity index (χ3n) is 10.9. The van der Waals surface area contributed by atoms with Crippen LogP contribution in [-0.4, -0.2) is 98.9 Å². The summed E-state index contributed by atoms with van der Waals surface area (Å²) >= 11 is 0. The average Bonchev–Trinajstić information content (AvgIpc) is 3.26. The molecule has 0 aromatic carbocycles. The van der Waals surface area contributed by atoms with E-state index in [2.05, 4.69) is 74.6 Å². The van der Waals surface area contributed by atoms with Crippen molar-refractivity contribution >= 4 is 13.8 Å². The van der Waals surface area contributed by atoms with Crippen molar-refractivity contribution in [3.8, 4) is 0 Å². The van der Waals surface area contributed by atoms with E-state index in [1.165, 1.54) is 83.5 Å². The molecule has 0 aliphatic heterocycles. The molecule has 1 aliphatic rings. The van der Waals surface area contributed by atoms with Gasteiger partial charge in [0.25, 0.3) is 0 Å². The minimum Gasteiger partial charge on any atom is -0.457 e. The third kappa shape index (κ3) is 31.0.